The fourth-order valence-corrected chi connectivity index (χ4v) is 3.61. The summed E-state index contributed by atoms with van der Waals surface area (Å²) in [5.41, 5.74) is 0.962. The van der Waals surface area contributed by atoms with Gasteiger partial charge in [0.25, 0.3) is 0 Å². The standard InChI is InChI=1S/C21H36N4O/c1-4-22-21(23-14-13-20(26)19-11-6-5-7-12-19)24-16-18(3)25-15-9-8-10-17(25)2/h5-7,11-12,17-18,20,26H,4,8-10,13-16H2,1-3H3,(H2,22,23,24). The Labute approximate surface area is 158 Å². The van der Waals surface area contributed by atoms with Crippen LogP contribution in [0.2, 0.25) is 0 Å². The molecular weight excluding hydrogens is 324 g/mol. The van der Waals surface area contributed by atoms with Gasteiger partial charge in [0.05, 0.1) is 12.6 Å². The summed E-state index contributed by atoms with van der Waals surface area (Å²) in [6.45, 7) is 10.2. The van der Waals surface area contributed by atoms with Gasteiger partial charge in [0, 0.05) is 25.2 Å². The molecule has 0 saturated carbocycles. The van der Waals surface area contributed by atoms with Crippen molar-refractivity contribution in [2.75, 3.05) is 26.2 Å². The Morgan fingerprint density at radius 1 is 1.27 bits per heavy atom. The number of nitrogens with one attached hydrogen (secondary N) is 2. The molecule has 1 aromatic rings. The lowest BCUT2D eigenvalue weighted by Gasteiger charge is -2.37. The molecule has 1 aromatic carbocycles. The van der Waals surface area contributed by atoms with E-state index in [0.717, 1.165) is 24.6 Å². The van der Waals surface area contributed by atoms with Crippen LogP contribution in [-0.4, -0.2) is 54.2 Å². The fraction of sp³-hybridized carbons (Fsp3) is 0.667. The monoisotopic (exact) mass is 360 g/mol. The quantitative estimate of drug-likeness (QED) is 0.493. The molecule has 1 saturated heterocycles. The number of guanidine groups is 1. The van der Waals surface area contributed by atoms with Crippen molar-refractivity contribution in [3.63, 3.8) is 0 Å². The van der Waals surface area contributed by atoms with Crippen LogP contribution in [0, 0.1) is 0 Å². The molecule has 0 aliphatic carbocycles. The van der Waals surface area contributed by atoms with Crippen molar-refractivity contribution >= 4 is 5.96 Å². The molecule has 0 radical (unpaired) electrons. The highest BCUT2D eigenvalue weighted by atomic mass is 16.3. The van der Waals surface area contributed by atoms with Crippen LogP contribution in [-0.2, 0) is 0 Å². The molecule has 3 unspecified atom stereocenters. The second kappa shape index (κ2) is 11.2. The second-order valence-electron chi connectivity index (χ2n) is 7.29. The smallest absolute Gasteiger partial charge is 0.191 e. The van der Waals surface area contributed by atoms with Gasteiger partial charge in [0.1, 0.15) is 0 Å². The number of piperidine rings is 1. The predicted molar refractivity (Wildman–Crippen MR) is 109 cm³/mol. The third-order valence-corrected chi connectivity index (χ3v) is 5.17. The van der Waals surface area contributed by atoms with Crippen LogP contribution >= 0.6 is 0 Å². The Balaban J connectivity index is 1.80. The first-order chi connectivity index (χ1) is 12.6. The molecule has 0 amide bonds. The molecule has 2 rings (SSSR count). The molecule has 0 bridgehead atoms. The molecule has 1 heterocycles. The predicted octanol–water partition coefficient (Wildman–Crippen LogP) is 2.93. The summed E-state index contributed by atoms with van der Waals surface area (Å²) in [5.74, 6) is 0.837. The van der Waals surface area contributed by atoms with Crippen LogP contribution < -0.4 is 10.6 Å². The van der Waals surface area contributed by atoms with Gasteiger partial charge in [-0.1, -0.05) is 36.8 Å². The van der Waals surface area contributed by atoms with Crippen molar-refractivity contribution in [2.24, 2.45) is 4.99 Å². The highest BCUT2D eigenvalue weighted by molar-refractivity contribution is 5.79. The van der Waals surface area contributed by atoms with Gasteiger partial charge in [0.2, 0.25) is 0 Å². The van der Waals surface area contributed by atoms with Gasteiger partial charge < -0.3 is 15.7 Å². The molecule has 1 aliphatic heterocycles. The lowest BCUT2D eigenvalue weighted by molar-refractivity contribution is 0.118. The van der Waals surface area contributed by atoms with Gasteiger partial charge in [-0.15, -0.1) is 0 Å². The normalized spacial score (nSPS) is 21.2. The number of aliphatic imine (C=N–C) groups is 1. The van der Waals surface area contributed by atoms with E-state index in [1.807, 2.05) is 30.3 Å². The zero-order valence-corrected chi connectivity index (χ0v) is 16.6. The van der Waals surface area contributed by atoms with E-state index in [-0.39, 0.29) is 0 Å². The lowest BCUT2D eigenvalue weighted by Crippen LogP contribution is -2.45. The van der Waals surface area contributed by atoms with Crippen LogP contribution in [0.25, 0.3) is 0 Å². The zero-order chi connectivity index (χ0) is 18.8. The van der Waals surface area contributed by atoms with E-state index in [0.29, 0.717) is 25.0 Å². The number of aliphatic hydroxyl groups is 1. The van der Waals surface area contributed by atoms with Gasteiger partial charge in [-0.3, -0.25) is 9.89 Å². The molecular formula is C21H36N4O. The van der Waals surface area contributed by atoms with Gasteiger partial charge in [-0.05, 0) is 52.1 Å². The number of rotatable bonds is 8. The largest absolute Gasteiger partial charge is 0.388 e. The Morgan fingerprint density at radius 3 is 2.73 bits per heavy atom. The van der Waals surface area contributed by atoms with E-state index in [4.69, 9.17) is 4.99 Å². The highest BCUT2D eigenvalue weighted by Gasteiger charge is 2.22. The van der Waals surface area contributed by atoms with Crippen molar-refractivity contribution in [1.29, 1.82) is 0 Å². The van der Waals surface area contributed by atoms with Gasteiger partial charge in [0.15, 0.2) is 5.96 Å². The minimum Gasteiger partial charge on any atom is -0.388 e. The third kappa shape index (κ3) is 6.61. The zero-order valence-electron chi connectivity index (χ0n) is 16.6. The minimum absolute atomic E-state index is 0.445. The van der Waals surface area contributed by atoms with E-state index in [1.165, 1.54) is 25.8 Å². The number of hydrogen-bond acceptors (Lipinski definition) is 3. The molecule has 1 fully saturated rings. The van der Waals surface area contributed by atoms with Crippen LogP contribution in [0.1, 0.15) is 58.1 Å². The molecule has 0 aromatic heterocycles. The van der Waals surface area contributed by atoms with E-state index in [2.05, 4.69) is 36.3 Å². The number of likely N-dealkylation sites (tertiary alicyclic amines) is 1. The summed E-state index contributed by atoms with van der Waals surface area (Å²) in [4.78, 5) is 7.34. The maximum atomic E-state index is 10.3. The van der Waals surface area contributed by atoms with Crippen molar-refractivity contribution in [3.05, 3.63) is 35.9 Å². The van der Waals surface area contributed by atoms with E-state index < -0.39 is 6.10 Å². The van der Waals surface area contributed by atoms with Crippen molar-refractivity contribution < 1.29 is 5.11 Å². The fourth-order valence-electron chi connectivity index (χ4n) is 3.61. The van der Waals surface area contributed by atoms with Crippen LogP contribution in [0.15, 0.2) is 35.3 Å². The molecule has 146 valence electrons. The maximum Gasteiger partial charge on any atom is 0.191 e. The number of nitrogens with zero attached hydrogens (tertiary/aromatic N) is 2. The van der Waals surface area contributed by atoms with Crippen LogP contribution in [0.5, 0.6) is 0 Å². The molecule has 0 spiro atoms. The summed E-state index contributed by atoms with van der Waals surface area (Å²) in [7, 11) is 0. The Morgan fingerprint density at radius 2 is 2.04 bits per heavy atom. The Kier molecular flexibility index (Phi) is 8.92. The SMILES string of the molecule is CCNC(=NCC(C)N1CCCCC1C)NCCC(O)c1ccccc1. The summed E-state index contributed by atoms with van der Waals surface area (Å²) >= 11 is 0. The third-order valence-electron chi connectivity index (χ3n) is 5.17. The summed E-state index contributed by atoms with van der Waals surface area (Å²) in [6, 6.07) is 10.9. The van der Waals surface area contributed by atoms with Crippen molar-refractivity contribution in [3.8, 4) is 0 Å². The number of aliphatic hydroxyl groups excluding tert-OH is 1. The number of benzene rings is 1. The lowest BCUT2D eigenvalue weighted by atomic mass is 10.0. The first-order valence-corrected chi connectivity index (χ1v) is 10.1. The number of hydrogen-bond donors (Lipinski definition) is 3. The molecule has 1 aliphatic rings. The molecule has 5 heteroatoms. The van der Waals surface area contributed by atoms with E-state index >= 15 is 0 Å². The van der Waals surface area contributed by atoms with E-state index in [9.17, 15) is 5.11 Å². The second-order valence-corrected chi connectivity index (χ2v) is 7.29. The molecule has 5 nitrogen and oxygen atoms in total. The van der Waals surface area contributed by atoms with Crippen molar-refractivity contribution in [2.45, 2.75) is 64.6 Å². The average molecular weight is 361 g/mol. The van der Waals surface area contributed by atoms with Crippen molar-refractivity contribution in [1.82, 2.24) is 15.5 Å². The van der Waals surface area contributed by atoms with Gasteiger partial charge in [-0.2, -0.15) is 0 Å². The summed E-state index contributed by atoms with van der Waals surface area (Å²) < 4.78 is 0. The Hall–Kier alpha value is -1.59. The highest BCUT2D eigenvalue weighted by Crippen LogP contribution is 2.19. The summed E-state index contributed by atoms with van der Waals surface area (Å²) in [5, 5.41) is 16.9. The summed E-state index contributed by atoms with van der Waals surface area (Å²) in [6.07, 6.45) is 4.16. The van der Waals surface area contributed by atoms with Gasteiger partial charge in [-0.25, -0.2) is 0 Å². The first-order valence-electron chi connectivity index (χ1n) is 10.1. The average Bonchev–Trinajstić information content (AvgIpc) is 2.66. The maximum absolute atomic E-state index is 10.3. The van der Waals surface area contributed by atoms with Gasteiger partial charge >= 0.3 is 0 Å². The van der Waals surface area contributed by atoms with Crippen LogP contribution in [0.4, 0.5) is 0 Å². The minimum atomic E-state index is -0.445. The topological polar surface area (TPSA) is 59.9 Å². The van der Waals surface area contributed by atoms with E-state index in [1.54, 1.807) is 0 Å². The molecule has 3 atom stereocenters. The molecule has 3 N–H and O–H groups in total. The Bertz CT molecular complexity index is 534. The molecule has 26 heavy (non-hydrogen) atoms. The first kappa shape index (κ1) is 20.7. The van der Waals surface area contributed by atoms with Crippen LogP contribution in [0.3, 0.4) is 0 Å².